The molecule has 0 rings (SSSR count). The smallest absolute Gasteiger partial charge is 0.321 e. The van der Waals surface area contributed by atoms with E-state index in [0.29, 0.717) is 0 Å². The van der Waals surface area contributed by atoms with Crippen LogP contribution in [0.1, 0.15) is 6.42 Å². The summed E-state index contributed by atoms with van der Waals surface area (Å²) >= 11 is 0. The summed E-state index contributed by atoms with van der Waals surface area (Å²) in [5, 5.41) is 16.0. The van der Waals surface area contributed by atoms with Crippen LogP contribution < -0.4 is 5.73 Å². The van der Waals surface area contributed by atoms with E-state index >= 15 is 0 Å². The van der Waals surface area contributed by atoms with Gasteiger partial charge < -0.3 is 15.9 Å². The second-order valence-corrected chi connectivity index (χ2v) is 1.54. The summed E-state index contributed by atoms with van der Waals surface area (Å²) in [6.07, 6.45) is -0.532. The number of carboxylic acids is 2. The minimum absolute atomic E-state index is 0. The molecule has 0 aromatic rings. The van der Waals surface area contributed by atoms with Gasteiger partial charge in [-0.2, -0.15) is 0 Å². The third-order valence-corrected chi connectivity index (χ3v) is 0.712. The Hall–Kier alpha value is -1.14. The first kappa shape index (κ1) is 29.7. The molecule has 0 aliphatic rings. The first-order valence-corrected chi connectivity index (χ1v) is 2.24. The molecule has 0 fully saturated rings. The van der Waals surface area contributed by atoms with Crippen LogP contribution in [0, 0.1) is 0 Å². The molecule has 0 saturated heterocycles. The van der Waals surface area contributed by atoms with E-state index in [4.69, 9.17) is 15.9 Å². The van der Waals surface area contributed by atoms with E-state index in [1.807, 2.05) is 0 Å². The van der Waals surface area contributed by atoms with E-state index in [-0.39, 0.29) is 24.2 Å². The van der Waals surface area contributed by atoms with E-state index in [1.165, 1.54) is 0 Å². The van der Waals surface area contributed by atoms with Crippen molar-refractivity contribution in [3.8, 4) is 0 Å². The van der Waals surface area contributed by atoms with E-state index in [1.54, 1.807) is 0 Å². The van der Waals surface area contributed by atoms with Crippen LogP contribution in [0.15, 0.2) is 0 Å². The van der Waals surface area contributed by atoms with Crippen LogP contribution in [0.2, 0.25) is 0 Å². The molecule has 0 aromatic heterocycles. The third kappa shape index (κ3) is 18.1. The average Bonchev–Trinajstić information content (AvgIpc) is 1.63. The Labute approximate surface area is 75.2 Å². The van der Waals surface area contributed by atoms with Crippen molar-refractivity contribution in [2.24, 2.45) is 5.73 Å². The molecule has 1 atom stereocenters. The third-order valence-electron chi connectivity index (χ3n) is 0.712. The molecule has 2 radical (unpaired) electrons. The molecular weight excluding hydrogens is 192 g/mol. The Morgan fingerprint density at radius 1 is 1.15 bits per heavy atom. The fourth-order valence-corrected chi connectivity index (χ4v) is 0.275. The van der Waals surface area contributed by atoms with Gasteiger partial charge >= 0.3 is 11.9 Å². The molecule has 4 N–H and O–H groups in total. The van der Waals surface area contributed by atoms with Crippen LogP contribution in [0.5, 0.6) is 0 Å². The van der Waals surface area contributed by atoms with Crippen LogP contribution in [0.4, 0.5) is 14.1 Å². The van der Waals surface area contributed by atoms with Crippen molar-refractivity contribution in [1.29, 1.82) is 0 Å². The SMILES string of the molecule is F.F.F.N[C@@H](CC(=O)O)C(=O)O.[Be]. The van der Waals surface area contributed by atoms with Gasteiger partial charge in [-0.3, -0.25) is 23.7 Å². The number of hydrogen-bond acceptors (Lipinski definition) is 3. The molecule has 13 heavy (non-hydrogen) atoms. The Morgan fingerprint density at radius 2 is 1.46 bits per heavy atom. The molecule has 0 unspecified atom stereocenters. The van der Waals surface area contributed by atoms with Crippen LogP contribution in [0.3, 0.4) is 0 Å². The standard InChI is InChI=1S/C4H7NO4.Be.3FH/c5-2(4(8)9)1-3(6)7;;;;/h2H,1,5H2,(H,6,7)(H,8,9);;3*1H/t2-;;;;/m0..../s1. The van der Waals surface area contributed by atoms with Gasteiger partial charge in [0, 0.05) is 10.1 Å². The van der Waals surface area contributed by atoms with Gasteiger partial charge in [0.2, 0.25) is 0 Å². The number of rotatable bonds is 3. The Kier molecular flexibility index (Phi) is 30.8. The van der Waals surface area contributed by atoms with Crippen molar-refractivity contribution in [2.75, 3.05) is 0 Å². The zero-order chi connectivity index (χ0) is 7.44. The van der Waals surface area contributed by atoms with Crippen LogP contribution in [0.25, 0.3) is 0 Å². The summed E-state index contributed by atoms with van der Waals surface area (Å²) in [7, 11) is 0. The molecule has 5 nitrogen and oxygen atoms in total. The van der Waals surface area contributed by atoms with Gasteiger partial charge in [0.1, 0.15) is 6.04 Å². The molecule has 0 spiro atoms. The quantitative estimate of drug-likeness (QED) is 0.507. The van der Waals surface area contributed by atoms with E-state index < -0.39 is 24.4 Å². The number of nitrogens with two attached hydrogens (primary N) is 1. The first-order valence-electron chi connectivity index (χ1n) is 2.24. The molecule has 0 saturated carbocycles. The maximum absolute atomic E-state index is 9.85. The van der Waals surface area contributed by atoms with E-state index in [0.717, 1.165) is 0 Å². The predicted octanol–water partition coefficient (Wildman–Crippen LogP) is -1.05. The summed E-state index contributed by atoms with van der Waals surface area (Å²) < 4.78 is 0. The summed E-state index contributed by atoms with van der Waals surface area (Å²) in [5.74, 6) is -2.50. The molecule has 78 valence electrons. The number of carbonyl (C=O) groups is 2. The fourth-order valence-electron chi connectivity index (χ4n) is 0.275. The zero-order valence-electron chi connectivity index (χ0n) is 6.50. The second-order valence-electron chi connectivity index (χ2n) is 1.54. The monoisotopic (exact) mass is 202 g/mol. The van der Waals surface area contributed by atoms with Crippen molar-refractivity contribution in [3.05, 3.63) is 0 Å². The number of halogens is 3. The normalized spacial score (nSPS) is 8.69. The maximum atomic E-state index is 9.85. The van der Waals surface area contributed by atoms with Crippen LogP contribution in [-0.2, 0) is 9.59 Å². The zero-order valence-corrected chi connectivity index (χ0v) is 6.50. The van der Waals surface area contributed by atoms with Gasteiger partial charge in [-0.1, -0.05) is 0 Å². The van der Waals surface area contributed by atoms with Gasteiger partial charge in [-0.25, -0.2) is 0 Å². The van der Waals surface area contributed by atoms with Crippen LogP contribution >= 0.6 is 0 Å². The molecule has 0 aliphatic heterocycles. The van der Waals surface area contributed by atoms with Crippen molar-refractivity contribution >= 4 is 22.1 Å². The predicted molar refractivity (Wildman–Crippen MR) is 41.1 cm³/mol. The largest absolute Gasteiger partial charge is 0.481 e. The minimum Gasteiger partial charge on any atom is -0.481 e. The molecule has 0 amide bonds. The molecule has 0 aromatic carbocycles. The fraction of sp³-hybridized carbons (Fsp3) is 0.500. The Morgan fingerprint density at radius 3 is 1.54 bits per heavy atom. The Balaban J connectivity index is -0.0000000533. The number of hydrogen-bond donors (Lipinski definition) is 3. The van der Waals surface area contributed by atoms with Crippen molar-refractivity contribution in [1.82, 2.24) is 0 Å². The summed E-state index contributed by atoms with van der Waals surface area (Å²) in [6, 6.07) is -1.29. The minimum atomic E-state index is -1.29. The molecule has 9 heteroatoms. The van der Waals surface area contributed by atoms with Gasteiger partial charge in [0.25, 0.3) is 0 Å². The van der Waals surface area contributed by atoms with E-state index in [2.05, 4.69) is 0 Å². The van der Waals surface area contributed by atoms with Crippen molar-refractivity contribution in [2.45, 2.75) is 12.5 Å². The number of carboxylic acid groups (broad SMARTS) is 2. The molecular formula is C4H10BeF3NO4. The summed E-state index contributed by atoms with van der Waals surface area (Å²) in [6.45, 7) is 0. The van der Waals surface area contributed by atoms with E-state index in [9.17, 15) is 9.59 Å². The molecule has 0 aliphatic carbocycles. The molecule has 0 bridgehead atoms. The van der Waals surface area contributed by atoms with Gasteiger partial charge in [0.05, 0.1) is 6.42 Å². The van der Waals surface area contributed by atoms with Crippen molar-refractivity contribution in [3.63, 3.8) is 0 Å². The summed E-state index contributed by atoms with van der Waals surface area (Å²) in [5.41, 5.74) is 4.84. The first-order chi connectivity index (χ1) is 4.04. The Bertz CT molecular complexity index is 147. The second kappa shape index (κ2) is 13.4. The maximum Gasteiger partial charge on any atom is 0.321 e. The number of aliphatic carboxylic acids is 2. The molecule has 0 heterocycles. The average molecular weight is 202 g/mol. The topological polar surface area (TPSA) is 101 Å². The van der Waals surface area contributed by atoms with Gasteiger partial charge in [-0.15, -0.1) is 0 Å². The van der Waals surface area contributed by atoms with Crippen molar-refractivity contribution < 1.29 is 33.9 Å². The summed E-state index contributed by atoms with van der Waals surface area (Å²) in [4.78, 5) is 19.6. The van der Waals surface area contributed by atoms with Gasteiger partial charge in [-0.05, 0) is 0 Å². The van der Waals surface area contributed by atoms with Crippen LogP contribution in [-0.4, -0.2) is 38.3 Å². The van der Waals surface area contributed by atoms with Gasteiger partial charge in [0.15, 0.2) is 0 Å².